The number of nitrogens with zero attached hydrogens (tertiary/aromatic N) is 3. The average Bonchev–Trinajstić information content (AvgIpc) is 2.76. The number of halogens is 1. The molecule has 28 heavy (non-hydrogen) atoms. The van der Waals surface area contributed by atoms with Crippen molar-refractivity contribution in [2.24, 2.45) is 5.10 Å². The number of benzene rings is 3. The molecule has 5 heteroatoms. The summed E-state index contributed by atoms with van der Waals surface area (Å²) in [6, 6.07) is 28.1. The second-order valence-corrected chi connectivity index (χ2v) is 6.09. The van der Waals surface area contributed by atoms with Gasteiger partial charge in [0, 0.05) is 16.7 Å². The van der Waals surface area contributed by atoms with Gasteiger partial charge in [-0.1, -0.05) is 78.9 Å². The van der Waals surface area contributed by atoms with Crippen LogP contribution in [0, 0.1) is 5.82 Å². The molecule has 0 aliphatic carbocycles. The van der Waals surface area contributed by atoms with Gasteiger partial charge in [0.1, 0.15) is 5.82 Å². The highest BCUT2D eigenvalue weighted by Crippen LogP contribution is 2.25. The quantitative estimate of drug-likeness (QED) is 0.379. The van der Waals surface area contributed by atoms with E-state index in [2.05, 4.69) is 20.5 Å². The highest BCUT2D eigenvalue weighted by Gasteiger charge is 2.08. The molecular formula is C23H17FN4. The number of hydrogen-bond acceptors (Lipinski definition) is 4. The SMILES string of the molecule is Fc1ccccc1/C=N/Nc1nc(-c2ccccc2)cc(-c2ccccc2)n1. The number of aromatic nitrogens is 2. The van der Waals surface area contributed by atoms with Crippen LogP contribution in [-0.2, 0) is 0 Å². The summed E-state index contributed by atoms with van der Waals surface area (Å²) in [6.07, 6.45) is 1.41. The third kappa shape index (κ3) is 4.10. The van der Waals surface area contributed by atoms with Crippen LogP contribution in [0.2, 0.25) is 0 Å². The Hall–Kier alpha value is -3.86. The Balaban J connectivity index is 1.69. The van der Waals surface area contributed by atoms with E-state index < -0.39 is 0 Å². The van der Waals surface area contributed by atoms with Crippen molar-refractivity contribution in [1.82, 2.24) is 9.97 Å². The first kappa shape index (κ1) is 17.5. The molecule has 136 valence electrons. The molecule has 1 aromatic heterocycles. The minimum absolute atomic E-state index is 0.336. The molecule has 0 saturated carbocycles. The zero-order valence-corrected chi connectivity index (χ0v) is 15.0. The second-order valence-electron chi connectivity index (χ2n) is 6.09. The van der Waals surface area contributed by atoms with E-state index >= 15 is 0 Å². The van der Waals surface area contributed by atoms with Crippen molar-refractivity contribution in [3.05, 3.63) is 102 Å². The van der Waals surface area contributed by atoms with Crippen LogP contribution >= 0.6 is 0 Å². The molecule has 0 radical (unpaired) electrons. The van der Waals surface area contributed by atoms with Crippen molar-refractivity contribution in [1.29, 1.82) is 0 Å². The van der Waals surface area contributed by atoms with Crippen LogP contribution in [0.1, 0.15) is 5.56 Å². The molecule has 0 aliphatic heterocycles. The van der Waals surface area contributed by atoms with Gasteiger partial charge in [-0.15, -0.1) is 0 Å². The maximum Gasteiger partial charge on any atom is 0.244 e. The summed E-state index contributed by atoms with van der Waals surface area (Å²) < 4.78 is 13.7. The highest BCUT2D eigenvalue weighted by atomic mass is 19.1. The summed E-state index contributed by atoms with van der Waals surface area (Å²) in [6.45, 7) is 0. The summed E-state index contributed by atoms with van der Waals surface area (Å²) >= 11 is 0. The van der Waals surface area contributed by atoms with Gasteiger partial charge < -0.3 is 0 Å². The summed E-state index contributed by atoms with van der Waals surface area (Å²) in [7, 11) is 0. The summed E-state index contributed by atoms with van der Waals surface area (Å²) in [5.41, 5.74) is 6.71. The highest BCUT2D eigenvalue weighted by molar-refractivity contribution is 5.80. The number of anilines is 1. The fourth-order valence-electron chi connectivity index (χ4n) is 2.75. The molecule has 0 bridgehead atoms. The molecule has 3 aromatic carbocycles. The first-order valence-corrected chi connectivity index (χ1v) is 8.83. The van der Waals surface area contributed by atoms with Crippen LogP contribution in [-0.4, -0.2) is 16.2 Å². The number of nitrogens with one attached hydrogen (secondary N) is 1. The fourth-order valence-corrected chi connectivity index (χ4v) is 2.75. The van der Waals surface area contributed by atoms with Gasteiger partial charge in [0.15, 0.2) is 0 Å². The minimum atomic E-state index is -0.336. The van der Waals surface area contributed by atoms with Crippen LogP contribution in [0.3, 0.4) is 0 Å². The lowest BCUT2D eigenvalue weighted by Gasteiger charge is -2.08. The predicted octanol–water partition coefficient (Wildman–Crippen LogP) is 5.40. The molecular weight excluding hydrogens is 351 g/mol. The van der Waals surface area contributed by atoms with E-state index in [1.165, 1.54) is 12.3 Å². The van der Waals surface area contributed by atoms with E-state index in [4.69, 9.17) is 0 Å². The average molecular weight is 368 g/mol. The third-order valence-electron chi connectivity index (χ3n) is 4.14. The van der Waals surface area contributed by atoms with E-state index in [9.17, 15) is 4.39 Å². The molecule has 0 fully saturated rings. The maximum absolute atomic E-state index is 13.7. The lowest BCUT2D eigenvalue weighted by Crippen LogP contribution is -2.00. The van der Waals surface area contributed by atoms with Crippen LogP contribution < -0.4 is 5.43 Å². The predicted molar refractivity (Wildman–Crippen MR) is 111 cm³/mol. The standard InChI is InChI=1S/C23H17FN4/c24-20-14-8-7-13-19(20)16-25-28-23-26-21(17-9-3-1-4-10-17)15-22(27-23)18-11-5-2-6-12-18/h1-16H,(H,26,27,28)/b25-16+. The Kier molecular flexibility index (Phi) is 5.15. The Labute approximate surface area is 162 Å². The molecule has 1 N–H and O–H groups in total. The molecule has 0 saturated heterocycles. The molecule has 4 nitrogen and oxygen atoms in total. The second kappa shape index (κ2) is 8.22. The smallest absolute Gasteiger partial charge is 0.244 e. The van der Waals surface area contributed by atoms with Crippen molar-refractivity contribution < 1.29 is 4.39 Å². The van der Waals surface area contributed by atoms with Gasteiger partial charge >= 0.3 is 0 Å². The van der Waals surface area contributed by atoms with Crippen molar-refractivity contribution in [2.45, 2.75) is 0 Å². The maximum atomic E-state index is 13.7. The van der Waals surface area contributed by atoms with Crippen LogP contribution in [0.15, 0.2) is 96.1 Å². The zero-order chi connectivity index (χ0) is 19.2. The van der Waals surface area contributed by atoms with Crippen LogP contribution in [0.5, 0.6) is 0 Å². The monoisotopic (exact) mass is 368 g/mol. The van der Waals surface area contributed by atoms with Gasteiger partial charge in [-0.05, 0) is 12.1 Å². The largest absolute Gasteiger partial charge is 0.245 e. The first-order chi connectivity index (χ1) is 13.8. The molecule has 0 amide bonds. The topological polar surface area (TPSA) is 50.2 Å². The Morgan fingerprint density at radius 2 is 1.25 bits per heavy atom. The van der Waals surface area contributed by atoms with E-state index in [0.717, 1.165) is 22.5 Å². The molecule has 0 aliphatic rings. The van der Waals surface area contributed by atoms with Crippen molar-refractivity contribution in [3.8, 4) is 22.5 Å². The van der Waals surface area contributed by atoms with Gasteiger partial charge in [0.25, 0.3) is 0 Å². The van der Waals surface area contributed by atoms with Crippen molar-refractivity contribution in [2.75, 3.05) is 5.43 Å². The lowest BCUT2D eigenvalue weighted by molar-refractivity contribution is 0.626. The van der Waals surface area contributed by atoms with Gasteiger partial charge in [-0.25, -0.2) is 19.8 Å². The molecule has 4 rings (SSSR count). The first-order valence-electron chi connectivity index (χ1n) is 8.83. The van der Waals surface area contributed by atoms with Gasteiger partial charge in [-0.3, -0.25) is 0 Å². The molecule has 0 spiro atoms. The Morgan fingerprint density at radius 1 is 0.714 bits per heavy atom. The lowest BCUT2D eigenvalue weighted by atomic mass is 10.1. The van der Waals surface area contributed by atoms with E-state index in [0.29, 0.717) is 11.5 Å². The third-order valence-corrected chi connectivity index (χ3v) is 4.14. The summed E-state index contributed by atoms with van der Waals surface area (Å²) in [5.74, 6) is 0.00442. The minimum Gasteiger partial charge on any atom is -0.245 e. The normalized spacial score (nSPS) is 10.9. The number of hydrogen-bond donors (Lipinski definition) is 1. The number of hydrazone groups is 1. The van der Waals surface area contributed by atoms with Gasteiger partial charge in [-0.2, -0.15) is 5.10 Å². The number of rotatable bonds is 5. The van der Waals surface area contributed by atoms with E-state index in [1.54, 1.807) is 18.2 Å². The molecule has 4 aromatic rings. The van der Waals surface area contributed by atoms with Crippen LogP contribution in [0.4, 0.5) is 10.3 Å². The van der Waals surface area contributed by atoms with Gasteiger partial charge in [0.05, 0.1) is 17.6 Å². The summed E-state index contributed by atoms with van der Waals surface area (Å²) in [5, 5.41) is 4.10. The van der Waals surface area contributed by atoms with Gasteiger partial charge in [0.2, 0.25) is 5.95 Å². The van der Waals surface area contributed by atoms with E-state index in [1.807, 2.05) is 66.7 Å². The summed E-state index contributed by atoms with van der Waals surface area (Å²) in [4.78, 5) is 9.11. The molecule has 0 atom stereocenters. The Morgan fingerprint density at radius 3 is 1.82 bits per heavy atom. The van der Waals surface area contributed by atoms with Crippen molar-refractivity contribution in [3.63, 3.8) is 0 Å². The van der Waals surface area contributed by atoms with Crippen LogP contribution in [0.25, 0.3) is 22.5 Å². The zero-order valence-electron chi connectivity index (χ0n) is 15.0. The fraction of sp³-hybridized carbons (Fsp3) is 0. The van der Waals surface area contributed by atoms with Crippen molar-refractivity contribution >= 4 is 12.2 Å². The molecule has 0 unspecified atom stereocenters. The molecule has 1 heterocycles. The van der Waals surface area contributed by atoms with E-state index in [-0.39, 0.29) is 5.82 Å². The Bertz CT molecular complexity index is 1040.